The Bertz CT molecular complexity index is 1250. The molecule has 0 aliphatic heterocycles. The number of thioether (sulfide) groups is 1. The molecule has 35 heavy (non-hydrogen) atoms. The number of carbonyl (C=O) groups is 1. The summed E-state index contributed by atoms with van der Waals surface area (Å²) in [5, 5.41) is 22.4. The minimum absolute atomic E-state index is 0.0885. The van der Waals surface area contributed by atoms with Gasteiger partial charge in [0.25, 0.3) is 0 Å². The summed E-state index contributed by atoms with van der Waals surface area (Å²) in [5.74, 6) is 1.49. The van der Waals surface area contributed by atoms with Gasteiger partial charge in [-0.3, -0.25) is 4.79 Å². The number of nitriles is 1. The number of aromatic nitrogens is 3. The van der Waals surface area contributed by atoms with Crippen molar-refractivity contribution in [1.82, 2.24) is 14.8 Å². The van der Waals surface area contributed by atoms with E-state index in [4.69, 9.17) is 4.74 Å². The second-order valence-electron chi connectivity index (χ2n) is 9.80. The lowest BCUT2D eigenvalue weighted by Gasteiger charge is -2.20. The minimum atomic E-state index is -0.299. The molecule has 0 saturated carbocycles. The van der Waals surface area contributed by atoms with Gasteiger partial charge in [-0.15, -0.1) is 21.5 Å². The largest absolute Gasteiger partial charge is 0.483 e. The van der Waals surface area contributed by atoms with Gasteiger partial charge in [0.15, 0.2) is 17.1 Å². The van der Waals surface area contributed by atoms with Crippen LogP contribution >= 0.6 is 23.1 Å². The summed E-state index contributed by atoms with van der Waals surface area (Å²) in [6.45, 7) is 8.48. The Morgan fingerprint density at radius 3 is 2.66 bits per heavy atom. The number of thiophene rings is 1. The second-order valence-corrected chi connectivity index (χ2v) is 11.8. The highest BCUT2D eigenvalue weighted by Crippen LogP contribution is 2.37. The Hall–Kier alpha value is -2.83. The highest BCUT2D eigenvalue weighted by molar-refractivity contribution is 7.99. The molecule has 184 valence electrons. The fraction of sp³-hybridized carbons (Fsp3) is 0.462. The fourth-order valence-corrected chi connectivity index (χ4v) is 6.14. The molecule has 9 heteroatoms. The molecule has 0 bridgehead atoms. The molecule has 1 aliphatic carbocycles. The number of hydrogen-bond acceptors (Lipinski definition) is 7. The average molecular weight is 510 g/mol. The first-order valence-electron chi connectivity index (χ1n) is 11.8. The van der Waals surface area contributed by atoms with Crippen molar-refractivity contribution in [2.24, 2.45) is 7.05 Å². The molecular weight excluding hydrogens is 478 g/mol. The zero-order chi connectivity index (χ0) is 25.2. The average Bonchev–Trinajstić information content (AvgIpc) is 3.36. The summed E-state index contributed by atoms with van der Waals surface area (Å²) >= 11 is 2.85. The Kier molecular flexibility index (Phi) is 7.53. The van der Waals surface area contributed by atoms with E-state index in [9.17, 15) is 10.1 Å². The van der Waals surface area contributed by atoms with Crippen LogP contribution in [0.25, 0.3) is 0 Å². The molecule has 1 aliphatic rings. The van der Waals surface area contributed by atoms with Crippen molar-refractivity contribution in [2.75, 3.05) is 11.1 Å². The summed E-state index contributed by atoms with van der Waals surface area (Å²) in [6, 6.07) is 10.4. The molecule has 0 saturated heterocycles. The predicted octanol–water partition coefficient (Wildman–Crippen LogP) is 5.80. The molecule has 1 amide bonds. The van der Waals surface area contributed by atoms with Crippen molar-refractivity contribution in [3.8, 4) is 11.8 Å². The zero-order valence-electron chi connectivity index (χ0n) is 20.8. The van der Waals surface area contributed by atoms with Crippen molar-refractivity contribution >= 4 is 34.0 Å². The van der Waals surface area contributed by atoms with Gasteiger partial charge >= 0.3 is 0 Å². The van der Waals surface area contributed by atoms with Crippen LogP contribution in [0, 0.1) is 11.3 Å². The maximum Gasteiger partial charge on any atom is 0.235 e. The highest BCUT2D eigenvalue weighted by Gasteiger charge is 2.23. The Balaban J connectivity index is 1.36. The van der Waals surface area contributed by atoms with Gasteiger partial charge in [0, 0.05) is 11.9 Å². The van der Waals surface area contributed by atoms with Crippen molar-refractivity contribution in [1.29, 1.82) is 5.26 Å². The summed E-state index contributed by atoms with van der Waals surface area (Å²) in [5.41, 5.74) is 3.08. The number of carbonyl (C=O) groups excluding carboxylic acids is 1. The van der Waals surface area contributed by atoms with Crippen LogP contribution < -0.4 is 10.1 Å². The van der Waals surface area contributed by atoms with Crippen LogP contribution in [0.3, 0.4) is 0 Å². The van der Waals surface area contributed by atoms with E-state index in [1.54, 1.807) is 0 Å². The summed E-state index contributed by atoms with van der Waals surface area (Å²) in [4.78, 5) is 13.9. The molecule has 1 atom stereocenters. The molecule has 4 rings (SSSR count). The molecule has 1 unspecified atom stereocenters. The van der Waals surface area contributed by atoms with E-state index in [1.165, 1.54) is 33.5 Å². The molecule has 0 radical (unpaired) electrons. The van der Waals surface area contributed by atoms with Gasteiger partial charge in [-0.05, 0) is 61.3 Å². The van der Waals surface area contributed by atoms with E-state index in [0.717, 1.165) is 37.0 Å². The quantitative estimate of drug-likeness (QED) is 0.405. The fourth-order valence-electron chi connectivity index (χ4n) is 4.16. The zero-order valence-corrected chi connectivity index (χ0v) is 22.5. The molecule has 2 heterocycles. The van der Waals surface area contributed by atoms with Crippen LogP contribution in [0.15, 0.2) is 29.4 Å². The van der Waals surface area contributed by atoms with Gasteiger partial charge in [-0.1, -0.05) is 44.7 Å². The first-order chi connectivity index (χ1) is 16.7. The lowest BCUT2D eigenvalue weighted by Crippen LogP contribution is -2.15. The van der Waals surface area contributed by atoms with E-state index in [2.05, 4.69) is 54.5 Å². The van der Waals surface area contributed by atoms with Crippen LogP contribution in [-0.4, -0.2) is 26.4 Å². The normalized spacial score (nSPS) is 14.2. The first-order valence-corrected chi connectivity index (χ1v) is 13.6. The molecule has 1 N–H and O–H groups in total. The third-order valence-electron chi connectivity index (χ3n) is 6.13. The van der Waals surface area contributed by atoms with E-state index >= 15 is 0 Å². The topological polar surface area (TPSA) is 92.8 Å². The van der Waals surface area contributed by atoms with E-state index in [0.29, 0.717) is 21.5 Å². The third kappa shape index (κ3) is 5.71. The molecule has 3 aromatic rings. The Morgan fingerprint density at radius 2 is 1.97 bits per heavy atom. The maximum atomic E-state index is 12.6. The van der Waals surface area contributed by atoms with Crippen molar-refractivity contribution in [2.45, 2.75) is 70.1 Å². The Labute approximate surface area is 214 Å². The molecule has 0 spiro atoms. The second kappa shape index (κ2) is 10.4. The number of benzene rings is 1. The van der Waals surface area contributed by atoms with Crippen LogP contribution in [-0.2, 0) is 30.1 Å². The number of hydrogen-bond donors (Lipinski definition) is 1. The standard InChI is InChI=1S/C26H31N5O2S2/c1-16(33-18-12-10-17(11-13-18)26(2,3)4)23-29-30-25(31(23)5)34-15-22(32)28-24-20(14-27)19-8-6-7-9-21(19)35-24/h10-13,16H,6-9,15H2,1-5H3,(H,28,32). The van der Waals surface area contributed by atoms with Gasteiger partial charge in [0.05, 0.1) is 11.3 Å². The van der Waals surface area contributed by atoms with Crippen molar-refractivity contribution in [3.05, 3.63) is 51.7 Å². The van der Waals surface area contributed by atoms with Crippen LogP contribution in [0.2, 0.25) is 0 Å². The molecule has 0 fully saturated rings. The first kappa shape index (κ1) is 25.3. The van der Waals surface area contributed by atoms with Crippen molar-refractivity contribution < 1.29 is 9.53 Å². The number of nitrogens with zero attached hydrogens (tertiary/aromatic N) is 4. The van der Waals surface area contributed by atoms with Gasteiger partial charge in [0.1, 0.15) is 16.8 Å². The monoisotopic (exact) mass is 509 g/mol. The number of fused-ring (bicyclic) bond motifs is 1. The molecule has 2 aromatic heterocycles. The van der Waals surface area contributed by atoms with E-state index in [-0.39, 0.29) is 23.2 Å². The lowest BCUT2D eigenvalue weighted by atomic mass is 9.87. The summed E-state index contributed by atoms with van der Waals surface area (Å²) in [6.07, 6.45) is 3.84. The lowest BCUT2D eigenvalue weighted by molar-refractivity contribution is -0.113. The number of nitrogens with one attached hydrogen (secondary N) is 1. The van der Waals surface area contributed by atoms with Crippen molar-refractivity contribution in [3.63, 3.8) is 0 Å². The van der Waals surface area contributed by atoms with E-state index in [1.807, 2.05) is 30.7 Å². The van der Waals surface area contributed by atoms with Gasteiger partial charge in [-0.2, -0.15) is 5.26 Å². The van der Waals surface area contributed by atoms with E-state index < -0.39 is 0 Å². The van der Waals surface area contributed by atoms with Crippen LogP contribution in [0.4, 0.5) is 5.00 Å². The van der Waals surface area contributed by atoms with Crippen LogP contribution in [0.5, 0.6) is 5.75 Å². The van der Waals surface area contributed by atoms with Gasteiger partial charge in [-0.25, -0.2) is 0 Å². The number of amides is 1. The SMILES string of the molecule is CC(Oc1ccc(C(C)(C)C)cc1)c1nnc(SCC(=O)Nc2sc3c(c2C#N)CCCC3)n1C. The number of ether oxygens (including phenoxy) is 1. The van der Waals surface area contributed by atoms with Crippen LogP contribution in [0.1, 0.15) is 74.0 Å². The predicted molar refractivity (Wildman–Crippen MR) is 140 cm³/mol. The van der Waals surface area contributed by atoms with Gasteiger partial charge < -0.3 is 14.6 Å². The smallest absolute Gasteiger partial charge is 0.235 e. The van der Waals surface area contributed by atoms with Gasteiger partial charge in [0.2, 0.25) is 5.91 Å². The summed E-state index contributed by atoms with van der Waals surface area (Å²) in [7, 11) is 1.87. The number of rotatable bonds is 7. The number of anilines is 1. The highest BCUT2D eigenvalue weighted by atomic mass is 32.2. The third-order valence-corrected chi connectivity index (χ3v) is 8.36. The summed E-state index contributed by atoms with van der Waals surface area (Å²) < 4.78 is 7.95. The maximum absolute atomic E-state index is 12.6. The number of aryl methyl sites for hydroxylation is 1. The molecular formula is C26H31N5O2S2. The molecule has 1 aromatic carbocycles. The molecule has 7 nitrogen and oxygen atoms in total. The minimum Gasteiger partial charge on any atom is -0.483 e. The Morgan fingerprint density at radius 1 is 1.26 bits per heavy atom.